The number of likely N-dealkylation sites (N-methyl/N-ethyl adjacent to an activating group) is 2. The molecule has 5 N–H and O–H groups in total. The van der Waals surface area contributed by atoms with Gasteiger partial charge in [-0.3, -0.25) is 19.2 Å². The van der Waals surface area contributed by atoms with E-state index in [2.05, 4.69) is 26.3 Å². The molecule has 2 aliphatic heterocycles. The number of imidazole rings is 1. The van der Waals surface area contributed by atoms with E-state index in [0.29, 0.717) is 27.7 Å². The van der Waals surface area contributed by atoms with Crippen LogP contribution in [-0.2, 0) is 32.1 Å². The number of nitrogens with zero attached hydrogens (tertiary/aromatic N) is 4. The molecule has 2 aromatic carbocycles. The zero-order valence-electron chi connectivity index (χ0n) is 36.8. The molecule has 61 heavy (non-hydrogen) atoms. The third-order valence-electron chi connectivity index (χ3n) is 10.9. The van der Waals surface area contributed by atoms with E-state index in [1.54, 1.807) is 51.6 Å². The van der Waals surface area contributed by atoms with Gasteiger partial charge in [0.25, 0.3) is 0 Å². The van der Waals surface area contributed by atoms with Crippen LogP contribution in [0.5, 0.6) is 0 Å². The minimum Gasteiger partial charge on any atom is -0.352 e. The van der Waals surface area contributed by atoms with Crippen LogP contribution in [0.2, 0.25) is 0 Å². The Bertz CT molecular complexity index is 2120. The van der Waals surface area contributed by atoms with Crippen molar-refractivity contribution in [1.82, 2.24) is 45.6 Å². The number of rotatable bonds is 15. The van der Waals surface area contributed by atoms with Crippen molar-refractivity contribution in [2.45, 2.75) is 117 Å². The van der Waals surface area contributed by atoms with Crippen molar-refractivity contribution in [3.05, 3.63) is 53.6 Å². The number of halogens is 4. The van der Waals surface area contributed by atoms with E-state index < -0.39 is 60.0 Å². The number of carbonyl (C=O) groups excluding carboxylic acids is 4. The highest BCUT2D eigenvalue weighted by atomic mass is 19.1. The molecule has 0 saturated carbocycles. The van der Waals surface area contributed by atoms with Gasteiger partial charge in [-0.15, -0.1) is 0 Å². The van der Waals surface area contributed by atoms with Crippen LogP contribution in [0.15, 0.2) is 36.4 Å². The van der Waals surface area contributed by atoms with Crippen LogP contribution < -0.4 is 21.3 Å². The summed E-state index contributed by atoms with van der Waals surface area (Å²) in [6, 6.07) is 5.15. The second kappa shape index (κ2) is 22.2. The number of benzene rings is 2. The number of amides is 4. The smallest absolute Gasteiger partial charge is 0.245 e. The number of likely N-dealkylation sites (tertiary alicyclic amines) is 2. The second-order valence-corrected chi connectivity index (χ2v) is 15.4. The summed E-state index contributed by atoms with van der Waals surface area (Å²) in [6.07, 6.45) is -2.27. The van der Waals surface area contributed by atoms with Gasteiger partial charge in [0.2, 0.25) is 23.6 Å². The Morgan fingerprint density at radius 3 is 2.00 bits per heavy atom. The Morgan fingerprint density at radius 2 is 1.39 bits per heavy atom. The van der Waals surface area contributed by atoms with E-state index in [9.17, 15) is 28.0 Å². The Balaban J connectivity index is 0.00000199. The molecule has 4 heterocycles. The molecule has 0 spiro atoms. The van der Waals surface area contributed by atoms with E-state index >= 15 is 8.78 Å². The maximum atomic E-state index is 15.3. The first-order valence-corrected chi connectivity index (χ1v) is 21.5. The van der Waals surface area contributed by atoms with Crippen molar-refractivity contribution in [2.75, 3.05) is 40.3 Å². The molecule has 2 fully saturated rings. The fourth-order valence-corrected chi connectivity index (χ4v) is 8.20. The van der Waals surface area contributed by atoms with Crippen molar-refractivity contribution in [3.8, 4) is 11.5 Å². The predicted molar refractivity (Wildman–Crippen MR) is 230 cm³/mol. The van der Waals surface area contributed by atoms with Gasteiger partial charge < -0.3 is 40.6 Å². The number of alkyl halides is 2. The molecule has 2 aromatic heterocycles. The Kier molecular flexibility index (Phi) is 17.7. The molecule has 4 amide bonds. The third kappa shape index (κ3) is 11.3. The Hall–Kier alpha value is -5.03. The van der Waals surface area contributed by atoms with Gasteiger partial charge >= 0.3 is 0 Å². The summed E-state index contributed by atoms with van der Waals surface area (Å²) in [4.78, 5) is 63.9. The molecule has 2 saturated heterocycles. The number of H-pyrrole nitrogens is 1. The molecule has 6 rings (SSSR count). The molecule has 17 heteroatoms. The van der Waals surface area contributed by atoms with Crippen molar-refractivity contribution in [3.63, 3.8) is 0 Å². The average molecular weight is 858 g/mol. The number of aromatic nitrogens is 3. The number of hydrogen-bond acceptors (Lipinski definition) is 7. The summed E-state index contributed by atoms with van der Waals surface area (Å²) in [6.45, 7) is 13.0. The topological polar surface area (TPSA) is 156 Å². The minimum atomic E-state index is -1.35. The fourth-order valence-electron chi connectivity index (χ4n) is 8.20. The van der Waals surface area contributed by atoms with Gasteiger partial charge in [-0.05, 0) is 68.8 Å². The highest BCUT2D eigenvalue weighted by molar-refractivity contribution is 5.93. The van der Waals surface area contributed by atoms with Gasteiger partial charge in [-0.1, -0.05) is 48.5 Å². The van der Waals surface area contributed by atoms with Crippen LogP contribution in [-0.4, -0.2) is 125 Å². The quantitative estimate of drug-likeness (QED) is 0.100. The summed E-state index contributed by atoms with van der Waals surface area (Å²) in [5.41, 5.74) is 2.17. The lowest BCUT2D eigenvalue weighted by Crippen LogP contribution is -2.54. The molecule has 336 valence electrons. The van der Waals surface area contributed by atoms with Crippen molar-refractivity contribution in [1.29, 1.82) is 0 Å². The van der Waals surface area contributed by atoms with Crippen molar-refractivity contribution < 1.29 is 36.7 Å². The number of aromatic amines is 1. The Morgan fingerprint density at radius 1 is 0.820 bits per heavy atom. The highest BCUT2D eigenvalue weighted by Crippen LogP contribution is 2.37. The van der Waals surface area contributed by atoms with Gasteiger partial charge in [0.05, 0.1) is 48.9 Å². The molecule has 0 bridgehead atoms. The van der Waals surface area contributed by atoms with E-state index in [-0.39, 0.29) is 87.5 Å². The summed E-state index contributed by atoms with van der Waals surface area (Å²) >= 11 is 0. The van der Waals surface area contributed by atoms with Gasteiger partial charge in [0.1, 0.15) is 36.1 Å². The van der Waals surface area contributed by atoms with E-state index in [1.165, 1.54) is 34.1 Å². The Labute approximate surface area is 355 Å². The number of carbonyl (C=O) groups is 4. The molecule has 2 aliphatic rings. The first-order chi connectivity index (χ1) is 29.2. The summed E-state index contributed by atoms with van der Waals surface area (Å²) in [7, 11) is 3.22. The maximum absolute atomic E-state index is 15.3. The molecule has 6 atom stereocenters. The zero-order chi connectivity index (χ0) is 45.1. The molecule has 0 radical (unpaired) electrons. The van der Waals surface area contributed by atoms with Gasteiger partial charge in [-0.2, -0.15) is 0 Å². The standard InChI is InChI=1S/C40H51F4N9O4.2C2H6/c1-6-30(47-34(54)16-45-4)39(56)51-18-24(43)11-26(51)15-29-28-9-7-22(41)13-31(28)48-37(29)38-49-32-14-23(42)8-10-33(32)53(38)20-27-12-25(44)19-52(27)40(57)36(21(2)3)50-35(55)17-46-5;2*1-2/h7-10,13-14,21,24-27,30,36,45-46,48H,6,11-12,15-20H2,1-5H3,(H,47,54)(H,50,55);2*1-2H3. The van der Waals surface area contributed by atoms with Crippen LogP contribution in [0.1, 0.15) is 73.3 Å². The van der Waals surface area contributed by atoms with Gasteiger partial charge in [0, 0.05) is 42.4 Å². The summed E-state index contributed by atoms with van der Waals surface area (Å²) < 4.78 is 61.8. The van der Waals surface area contributed by atoms with Crippen LogP contribution in [0, 0.1) is 17.6 Å². The number of fused-ring (bicyclic) bond motifs is 2. The molecular weight excluding hydrogens is 795 g/mol. The zero-order valence-corrected chi connectivity index (χ0v) is 36.8. The van der Waals surface area contributed by atoms with Crippen LogP contribution >= 0.6 is 0 Å². The first kappa shape index (κ1) is 48.6. The van der Waals surface area contributed by atoms with E-state index in [4.69, 9.17) is 4.98 Å². The highest BCUT2D eigenvalue weighted by Gasteiger charge is 2.42. The first-order valence-electron chi connectivity index (χ1n) is 21.5. The lowest BCUT2D eigenvalue weighted by atomic mass is 9.99. The number of hydrogen-bond donors (Lipinski definition) is 5. The van der Waals surface area contributed by atoms with Gasteiger partial charge in [0.15, 0.2) is 5.82 Å². The molecule has 13 nitrogen and oxygen atoms in total. The van der Waals surface area contributed by atoms with Crippen LogP contribution in [0.4, 0.5) is 17.6 Å². The number of nitrogens with one attached hydrogen (secondary N) is 5. The lowest BCUT2D eigenvalue weighted by molar-refractivity contribution is -0.138. The third-order valence-corrected chi connectivity index (χ3v) is 10.9. The van der Waals surface area contributed by atoms with Crippen LogP contribution in [0.25, 0.3) is 33.5 Å². The normalized spacial score (nSPS) is 19.6. The molecule has 6 unspecified atom stereocenters. The van der Waals surface area contributed by atoms with E-state index in [0.717, 1.165) is 0 Å². The summed E-state index contributed by atoms with van der Waals surface area (Å²) in [5, 5.41) is 11.6. The van der Waals surface area contributed by atoms with Crippen molar-refractivity contribution in [2.24, 2.45) is 5.92 Å². The average Bonchev–Trinajstić information content (AvgIpc) is 3.99. The van der Waals surface area contributed by atoms with Crippen molar-refractivity contribution >= 4 is 45.6 Å². The van der Waals surface area contributed by atoms with Crippen LogP contribution in [0.3, 0.4) is 0 Å². The molecule has 0 aliphatic carbocycles. The van der Waals surface area contributed by atoms with Gasteiger partial charge in [-0.25, -0.2) is 22.5 Å². The SMILES string of the molecule is CC.CC.CCC(NC(=O)CNC)C(=O)N1CC(F)CC1Cc1c(-c2nc3cc(F)ccc3n2CC2CC(F)CN2C(=O)C(NC(=O)CNC)C(C)C)[nH]c2cc(F)ccc12. The monoisotopic (exact) mass is 857 g/mol. The summed E-state index contributed by atoms with van der Waals surface area (Å²) in [5.74, 6) is -2.68. The lowest BCUT2D eigenvalue weighted by Gasteiger charge is -2.31. The minimum absolute atomic E-state index is 0.00338. The second-order valence-electron chi connectivity index (χ2n) is 15.4. The van der Waals surface area contributed by atoms with E-state index in [1.807, 2.05) is 27.7 Å². The molecular formula is C44H63F4N9O4. The predicted octanol–water partition coefficient (Wildman–Crippen LogP) is 5.41. The maximum Gasteiger partial charge on any atom is 0.245 e. The fraction of sp³-hybridized carbons (Fsp3) is 0.568. The molecule has 4 aromatic rings. The largest absolute Gasteiger partial charge is 0.352 e.